The fraction of sp³-hybridized carbons (Fsp3) is 0.571. The molecule has 1 aliphatic carbocycles. The molecule has 0 heterocycles. The van der Waals surface area contributed by atoms with Crippen LogP contribution in [0.15, 0.2) is 24.3 Å². The smallest absolute Gasteiger partial charge is 0.125 e. The van der Waals surface area contributed by atoms with Crippen LogP contribution in [0.2, 0.25) is 0 Å². The van der Waals surface area contributed by atoms with Gasteiger partial charge >= 0.3 is 0 Å². The predicted molar refractivity (Wildman–Crippen MR) is 66.2 cm³/mol. The van der Waals surface area contributed by atoms with Crippen molar-refractivity contribution in [3.05, 3.63) is 29.8 Å². The first-order valence-corrected chi connectivity index (χ1v) is 6.20. The van der Waals surface area contributed by atoms with Gasteiger partial charge in [0.15, 0.2) is 0 Å². The highest BCUT2D eigenvalue weighted by Gasteiger charge is 2.35. The first-order chi connectivity index (χ1) is 8.26. The second-order valence-electron chi connectivity index (χ2n) is 4.58. The van der Waals surface area contributed by atoms with Gasteiger partial charge in [-0.2, -0.15) is 0 Å². The summed E-state index contributed by atoms with van der Waals surface area (Å²) in [7, 11) is 1.65. The molecule has 0 saturated heterocycles. The van der Waals surface area contributed by atoms with Crippen LogP contribution in [0, 0.1) is 0 Å². The Balaban J connectivity index is 2.15. The maximum atomic E-state index is 10.6. The van der Waals surface area contributed by atoms with Crippen LogP contribution in [0.3, 0.4) is 0 Å². The molecule has 3 nitrogen and oxygen atoms in total. The average molecular weight is 236 g/mol. The van der Waals surface area contributed by atoms with Gasteiger partial charge in [0.05, 0.1) is 12.2 Å². The van der Waals surface area contributed by atoms with Gasteiger partial charge in [0, 0.05) is 12.7 Å². The lowest BCUT2D eigenvalue weighted by Crippen LogP contribution is -2.22. The molecule has 0 radical (unpaired) electrons. The van der Waals surface area contributed by atoms with Crippen molar-refractivity contribution < 1.29 is 14.6 Å². The summed E-state index contributed by atoms with van der Waals surface area (Å²) in [5.41, 5.74) is 0.234. The van der Waals surface area contributed by atoms with E-state index in [1.54, 1.807) is 7.11 Å². The van der Waals surface area contributed by atoms with E-state index in [0.29, 0.717) is 13.2 Å². The predicted octanol–water partition coefficient (Wildman–Crippen LogP) is 2.47. The minimum atomic E-state index is -0.691. The first-order valence-electron chi connectivity index (χ1n) is 6.20. The van der Waals surface area contributed by atoms with Gasteiger partial charge in [0.2, 0.25) is 0 Å². The van der Waals surface area contributed by atoms with E-state index < -0.39 is 5.60 Å². The van der Waals surface area contributed by atoms with Crippen molar-refractivity contribution >= 4 is 0 Å². The maximum Gasteiger partial charge on any atom is 0.125 e. The van der Waals surface area contributed by atoms with Crippen LogP contribution in [-0.2, 0) is 10.3 Å². The molecular weight excluding hydrogens is 216 g/mol. The summed E-state index contributed by atoms with van der Waals surface area (Å²) in [6, 6.07) is 7.77. The van der Waals surface area contributed by atoms with E-state index >= 15 is 0 Å². The number of hydrogen-bond acceptors (Lipinski definition) is 3. The summed E-state index contributed by atoms with van der Waals surface area (Å²) in [5, 5.41) is 10.6. The van der Waals surface area contributed by atoms with E-state index in [4.69, 9.17) is 9.47 Å². The molecule has 0 aliphatic heterocycles. The van der Waals surface area contributed by atoms with Crippen molar-refractivity contribution in [3.8, 4) is 5.75 Å². The van der Waals surface area contributed by atoms with E-state index in [9.17, 15) is 5.11 Å². The van der Waals surface area contributed by atoms with Crippen LogP contribution in [0.5, 0.6) is 5.75 Å². The molecule has 1 aromatic rings. The Hall–Kier alpha value is -1.06. The third-order valence-corrected chi connectivity index (χ3v) is 3.36. The minimum Gasteiger partial charge on any atom is -0.491 e. The molecule has 0 amide bonds. The van der Waals surface area contributed by atoms with Crippen molar-refractivity contribution in [3.63, 3.8) is 0 Å². The third-order valence-electron chi connectivity index (χ3n) is 3.36. The molecule has 1 aliphatic rings. The van der Waals surface area contributed by atoms with Crippen molar-refractivity contribution in [1.82, 2.24) is 0 Å². The molecule has 94 valence electrons. The highest BCUT2D eigenvalue weighted by atomic mass is 16.5. The van der Waals surface area contributed by atoms with Crippen molar-refractivity contribution in [2.45, 2.75) is 31.3 Å². The molecule has 1 aromatic carbocycles. The SMILES string of the molecule is COCCOc1ccccc1C1(O)CCCC1. The zero-order chi connectivity index (χ0) is 12.1. The number of hydrogen-bond donors (Lipinski definition) is 1. The quantitative estimate of drug-likeness (QED) is 0.798. The lowest BCUT2D eigenvalue weighted by molar-refractivity contribution is 0.0402. The molecule has 2 rings (SSSR count). The highest BCUT2D eigenvalue weighted by molar-refractivity contribution is 5.38. The molecule has 1 saturated carbocycles. The Labute approximate surface area is 102 Å². The maximum absolute atomic E-state index is 10.6. The lowest BCUT2D eigenvalue weighted by Gasteiger charge is -2.25. The van der Waals surface area contributed by atoms with Crippen LogP contribution in [0.25, 0.3) is 0 Å². The Kier molecular flexibility index (Phi) is 4.02. The molecule has 0 unspecified atom stereocenters. The number of ether oxygens (including phenoxy) is 2. The van der Waals surface area contributed by atoms with Gasteiger partial charge in [-0.25, -0.2) is 0 Å². The molecule has 17 heavy (non-hydrogen) atoms. The summed E-state index contributed by atoms with van der Waals surface area (Å²) in [6.45, 7) is 1.08. The molecule has 0 bridgehead atoms. The fourth-order valence-corrected chi connectivity index (χ4v) is 2.44. The van der Waals surface area contributed by atoms with Gasteiger partial charge in [-0.05, 0) is 18.9 Å². The van der Waals surface area contributed by atoms with Gasteiger partial charge in [0.25, 0.3) is 0 Å². The number of rotatable bonds is 5. The summed E-state index contributed by atoms with van der Waals surface area (Å²) in [6.07, 6.45) is 3.83. The molecule has 1 fully saturated rings. The van der Waals surface area contributed by atoms with Gasteiger partial charge in [-0.15, -0.1) is 0 Å². The number of para-hydroxylation sites is 1. The van der Waals surface area contributed by atoms with Crippen LogP contribution >= 0.6 is 0 Å². The van der Waals surface area contributed by atoms with Crippen molar-refractivity contribution in [2.75, 3.05) is 20.3 Å². The second kappa shape index (κ2) is 5.52. The molecule has 0 aromatic heterocycles. The van der Waals surface area contributed by atoms with Crippen LogP contribution < -0.4 is 4.74 Å². The second-order valence-corrected chi connectivity index (χ2v) is 4.58. The van der Waals surface area contributed by atoms with Crippen molar-refractivity contribution in [2.24, 2.45) is 0 Å². The standard InChI is InChI=1S/C14H20O3/c1-16-10-11-17-13-7-3-2-6-12(13)14(15)8-4-5-9-14/h2-3,6-7,15H,4-5,8-11H2,1H3. The lowest BCUT2D eigenvalue weighted by atomic mass is 9.91. The van der Waals surface area contributed by atoms with Gasteiger partial charge in [-0.1, -0.05) is 31.0 Å². The zero-order valence-electron chi connectivity index (χ0n) is 10.3. The highest BCUT2D eigenvalue weighted by Crippen LogP contribution is 2.42. The molecule has 0 atom stereocenters. The molecular formula is C14H20O3. The van der Waals surface area contributed by atoms with Gasteiger partial charge in [0.1, 0.15) is 12.4 Å². The Morgan fingerprint density at radius 3 is 2.59 bits per heavy atom. The van der Waals surface area contributed by atoms with Crippen molar-refractivity contribution in [1.29, 1.82) is 0 Å². The monoisotopic (exact) mass is 236 g/mol. The van der Waals surface area contributed by atoms with E-state index in [1.807, 2.05) is 24.3 Å². The Morgan fingerprint density at radius 1 is 1.18 bits per heavy atom. The normalized spacial score (nSPS) is 18.2. The summed E-state index contributed by atoms with van der Waals surface area (Å²) in [5.74, 6) is 0.786. The summed E-state index contributed by atoms with van der Waals surface area (Å²) >= 11 is 0. The Bertz CT molecular complexity index is 356. The van der Waals surface area contributed by atoms with E-state index in [0.717, 1.165) is 37.0 Å². The third kappa shape index (κ3) is 2.79. The fourth-order valence-electron chi connectivity index (χ4n) is 2.44. The number of aliphatic hydroxyl groups is 1. The first kappa shape index (κ1) is 12.4. The van der Waals surface area contributed by atoms with E-state index in [2.05, 4.69) is 0 Å². The molecule has 0 spiro atoms. The van der Waals surface area contributed by atoms with Gasteiger partial charge in [-0.3, -0.25) is 0 Å². The van der Waals surface area contributed by atoms with Crippen LogP contribution in [0.1, 0.15) is 31.2 Å². The largest absolute Gasteiger partial charge is 0.491 e. The zero-order valence-corrected chi connectivity index (χ0v) is 10.3. The minimum absolute atomic E-state index is 0.517. The van der Waals surface area contributed by atoms with Crippen LogP contribution in [-0.4, -0.2) is 25.4 Å². The average Bonchev–Trinajstić information content (AvgIpc) is 2.78. The Morgan fingerprint density at radius 2 is 1.88 bits per heavy atom. The van der Waals surface area contributed by atoms with Crippen LogP contribution in [0.4, 0.5) is 0 Å². The number of methoxy groups -OCH3 is 1. The topological polar surface area (TPSA) is 38.7 Å². The summed E-state index contributed by atoms with van der Waals surface area (Å²) < 4.78 is 10.6. The van der Waals surface area contributed by atoms with E-state index in [1.165, 1.54) is 0 Å². The van der Waals surface area contributed by atoms with E-state index in [-0.39, 0.29) is 0 Å². The molecule has 3 heteroatoms. The number of benzene rings is 1. The van der Waals surface area contributed by atoms with Gasteiger partial charge < -0.3 is 14.6 Å². The summed E-state index contributed by atoms with van der Waals surface area (Å²) in [4.78, 5) is 0. The molecule has 1 N–H and O–H groups in total.